The minimum absolute atomic E-state index is 0.00423. The molecule has 0 radical (unpaired) electrons. The molecule has 0 bridgehead atoms. The number of rotatable bonds is 7. The minimum Gasteiger partial charge on any atom is -0.486 e. The number of aliphatic hydroxyl groups excluding tert-OH is 1. The third-order valence-corrected chi connectivity index (χ3v) is 4.52. The Hall–Kier alpha value is -1.34. The smallest absolute Gasteiger partial charge is 0.161 e. The molecule has 6 heteroatoms. The number of aliphatic hydroxyl groups is 1. The van der Waals surface area contributed by atoms with Crippen LogP contribution in [0.1, 0.15) is 6.92 Å². The van der Waals surface area contributed by atoms with E-state index in [0.29, 0.717) is 19.7 Å². The highest BCUT2D eigenvalue weighted by Crippen LogP contribution is 2.30. The fraction of sp³-hybridized carbons (Fsp3) is 0.667. The van der Waals surface area contributed by atoms with Gasteiger partial charge < -0.3 is 19.3 Å². The van der Waals surface area contributed by atoms with Gasteiger partial charge in [0.2, 0.25) is 0 Å². The standard InChI is InChI=1S/C18H28N2O4/c1-2-19(11-15(21)12-20-7-9-22-10-8-20)13-16-14-23-17-5-3-4-6-18(17)24-16/h3-6,15-16,21H,2,7-14H2,1H3/t15-,16-/m1/s1. The van der Waals surface area contributed by atoms with Crippen molar-refractivity contribution in [1.82, 2.24) is 9.80 Å². The Labute approximate surface area is 143 Å². The van der Waals surface area contributed by atoms with Gasteiger partial charge in [0.25, 0.3) is 0 Å². The van der Waals surface area contributed by atoms with Crippen molar-refractivity contribution >= 4 is 0 Å². The molecule has 1 aromatic rings. The number of benzene rings is 1. The van der Waals surface area contributed by atoms with E-state index in [2.05, 4.69) is 16.7 Å². The second-order valence-corrected chi connectivity index (χ2v) is 6.42. The summed E-state index contributed by atoms with van der Waals surface area (Å²) in [6, 6.07) is 7.76. The number of hydrogen-bond acceptors (Lipinski definition) is 6. The highest BCUT2D eigenvalue weighted by atomic mass is 16.6. The summed E-state index contributed by atoms with van der Waals surface area (Å²) >= 11 is 0. The molecule has 1 fully saturated rings. The minimum atomic E-state index is -0.361. The average molecular weight is 336 g/mol. The van der Waals surface area contributed by atoms with E-state index < -0.39 is 0 Å². The van der Waals surface area contributed by atoms with Crippen molar-refractivity contribution in [2.75, 3.05) is 59.1 Å². The molecule has 2 heterocycles. The monoisotopic (exact) mass is 336 g/mol. The highest BCUT2D eigenvalue weighted by Gasteiger charge is 2.24. The van der Waals surface area contributed by atoms with E-state index in [1.165, 1.54) is 0 Å². The van der Waals surface area contributed by atoms with E-state index in [4.69, 9.17) is 14.2 Å². The van der Waals surface area contributed by atoms with E-state index in [9.17, 15) is 5.11 Å². The van der Waals surface area contributed by atoms with Gasteiger partial charge in [-0.05, 0) is 18.7 Å². The lowest BCUT2D eigenvalue weighted by atomic mass is 10.2. The van der Waals surface area contributed by atoms with E-state index in [-0.39, 0.29) is 12.2 Å². The van der Waals surface area contributed by atoms with Crippen LogP contribution in [0.4, 0.5) is 0 Å². The Balaban J connectivity index is 1.46. The molecule has 0 aliphatic carbocycles. The predicted molar refractivity (Wildman–Crippen MR) is 91.7 cm³/mol. The van der Waals surface area contributed by atoms with Crippen molar-refractivity contribution in [3.63, 3.8) is 0 Å². The maximum atomic E-state index is 10.4. The molecule has 1 saturated heterocycles. The molecule has 134 valence electrons. The number of likely N-dealkylation sites (N-methyl/N-ethyl adjacent to an activating group) is 1. The van der Waals surface area contributed by atoms with Crippen LogP contribution in [0.15, 0.2) is 24.3 Å². The molecular weight excluding hydrogens is 308 g/mol. The first kappa shape index (κ1) is 17.5. The van der Waals surface area contributed by atoms with Crippen LogP contribution in [0.5, 0.6) is 11.5 Å². The van der Waals surface area contributed by atoms with Crippen molar-refractivity contribution in [2.24, 2.45) is 0 Å². The predicted octanol–water partition coefficient (Wildman–Crippen LogP) is 0.841. The van der Waals surface area contributed by atoms with Crippen LogP contribution < -0.4 is 9.47 Å². The number of fused-ring (bicyclic) bond motifs is 1. The van der Waals surface area contributed by atoms with Crippen LogP contribution in [-0.2, 0) is 4.74 Å². The lowest BCUT2D eigenvalue weighted by Crippen LogP contribution is -2.47. The molecule has 1 aromatic carbocycles. The summed E-state index contributed by atoms with van der Waals surface area (Å²) in [5, 5.41) is 10.4. The fourth-order valence-electron chi connectivity index (χ4n) is 3.21. The van der Waals surface area contributed by atoms with Gasteiger partial charge in [0.15, 0.2) is 11.5 Å². The summed E-state index contributed by atoms with van der Waals surface area (Å²) in [4.78, 5) is 4.49. The molecule has 0 saturated carbocycles. The van der Waals surface area contributed by atoms with Crippen LogP contribution in [0.3, 0.4) is 0 Å². The van der Waals surface area contributed by atoms with E-state index in [1.54, 1.807) is 0 Å². The van der Waals surface area contributed by atoms with E-state index in [1.807, 2.05) is 24.3 Å². The maximum absolute atomic E-state index is 10.4. The first-order chi connectivity index (χ1) is 11.7. The molecule has 0 unspecified atom stereocenters. The fourth-order valence-corrected chi connectivity index (χ4v) is 3.21. The maximum Gasteiger partial charge on any atom is 0.161 e. The van der Waals surface area contributed by atoms with Gasteiger partial charge in [-0.15, -0.1) is 0 Å². The lowest BCUT2D eigenvalue weighted by Gasteiger charge is -2.33. The molecule has 2 atom stereocenters. The van der Waals surface area contributed by atoms with Crippen LogP contribution in [0.25, 0.3) is 0 Å². The van der Waals surface area contributed by atoms with Gasteiger partial charge in [-0.1, -0.05) is 19.1 Å². The first-order valence-electron chi connectivity index (χ1n) is 8.83. The summed E-state index contributed by atoms with van der Waals surface area (Å²) in [7, 11) is 0. The second-order valence-electron chi connectivity index (χ2n) is 6.42. The SMILES string of the molecule is CCN(C[C@@H](O)CN1CCOCC1)C[C@@H]1COc2ccccc2O1. The molecule has 0 amide bonds. The highest BCUT2D eigenvalue weighted by molar-refractivity contribution is 5.40. The Bertz CT molecular complexity index is 508. The van der Waals surface area contributed by atoms with E-state index in [0.717, 1.165) is 50.9 Å². The third-order valence-electron chi connectivity index (χ3n) is 4.52. The Kier molecular flexibility index (Phi) is 6.31. The zero-order valence-electron chi connectivity index (χ0n) is 14.4. The van der Waals surface area contributed by atoms with Crippen molar-refractivity contribution in [3.8, 4) is 11.5 Å². The molecule has 0 aromatic heterocycles. The Morgan fingerprint density at radius 2 is 2.00 bits per heavy atom. The van der Waals surface area contributed by atoms with Gasteiger partial charge >= 0.3 is 0 Å². The molecule has 1 N–H and O–H groups in total. The van der Waals surface area contributed by atoms with Crippen LogP contribution in [0, 0.1) is 0 Å². The third kappa shape index (κ3) is 4.83. The van der Waals surface area contributed by atoms with Gasteiger partial charge in [0.05, 0.1) is 19.3 Å². The Morgan fingerprint density at radius 3 is 2.75 bits per heavy atom. The lowest BCUT2D eigenvalue weighted by molar-refractivity contribution is 0.000572. The number of nitrogens with zero attached hydrogens (tertiary/aromatic N) is 2. The zero-order valence-corrected chi connectivity index (χ0v) is 14.4. The summed E-state index contributed by atoms with van der Waals surface area (Å²) in [5.74, 6) is 1.61. The van der Waals surface area contributed by atoms with Crippen molar-refractivity contribution < 1.29 is 19.3 Å². The average Bonchev–Trinajstić information content (AvgIpc) is 2.62. The topological polar surface area (TPSA) is 54.4 Å². The molecular formula is C18H28N2O4. The number of β-amino-alcohol motifs (C(OH)–C–C–N with tert-alkyl or cyclic N) is 1. The number of para-hydroxylation sites is 2. The molecule has 6 nitrogen and oxygen atoms in total. The van der Waals surface area contributed by atoms with E-state index >= 15 is 0 Å². The summed E-state index contributed by atoms with van der Waals surface area (Å²) in [6.45, 7) is 8.96. The van der Waals surface area contributed by atoms with Gasteiger partial charge in [-0.2, -0.15) is 0 Å². The first-order valence-corrected chi connectivity index (χ1v) is 8.83. The quantitative estimate of drug-likeness (QED) is 0.796. The number of ether oxygens (including phenoxy) is 3. The summed E-state index contributed by atoms with van der Waals surface area (Å²) < 4.78 is 17.1. The van der Waals surface area contributed by atoms with Crippen LogP contribution >= 0.6 is 0 Å². The molecule has 24 heavy (non-hydrogen) atoms. The van der Waals surface area contributed by atoms with Crippen LogP contribution in [0.2, 0.25) is 0 Å². The summed E-state index contributed by atoms with van der Waals surface area (Å²) in [6.07, 6.45) is -0.365. The van der Waals surface area contributed by atoms with Gasteiger partial charge in [0.1, 0.15) is 12.7 Å². The molecule has 2 aliphatic rings. The van der Waals surface area contributed by atoms with Crippen molar-refractivity contribution in [3.05, 3.63) is 24.3 Å². The van der Waals surface area contributed by atoms with Gasteiger partial charge in [-0.3, -0.25) is 9.80 Å². The van der Waals surface area contributed by atoms with Gasteiger partial charge in [0, 0.05) is 32.7 Å². The zero-order chi connectivity index (χ0) is 16.8. The van der Waals surface area contributed by atoms with Gasteiger partial charge in [-0.25, -0.2) is 0 Å². The Morgan fingerprint density at radius 1 is 1.25 bits per heavy atom. The van der Waals surface area contributed by atoms with Crippen molar-refractivity contribution in [1.29, 1.82) is 0 Å². The largest absolute Gasteiger partial charge is 0.486 e. The molecule has 3 rings (SSSR count). The van der Waals surface area contributed by atoms with Crippen molar-refractivity contribution in [2.45, 2.75) is 19.1 Å². The normalized spacial score (nSPS) is 22.5. The number of morpholine rings is 1. The number of hydrogen-bond donors (Lipinski definition) is 1. The second kappa shape index (κ2) is 8.67. The molecule has 2 aliphatic heterocycles. The summed E-state index contributed by atoms with van der Waals surface area (Å²) in [5.41, 5.74) is 0. The molecule has 0 spiro atoms. The van der Waals surface area contributed by atoms with Crippen LogP contribution in [-0.4, -0.2) is 86.2 Å².